The van der Waals surface area contributed by atoms with Crippen molar-refractivity contribution in [3.05, 3.63) is 72.1 Å². The van der Waals surface area contributed by atoms with Gasteiger partial charge in [0.25, 0.3) is 5.91 Å². The largest absolute Gasteiger partial charge is 0.454 e. The van der Waals surface area contributed by atoms with Crippen LogP contribution in [0.4, 0.5) is 5.69 Å². The summed E-state index contributed by atoms with van der Waals surface area (Å²) in [5, 5.41) is 13.7. The lowest BCUT2D eigenvalue weighted by molar-refractivity contribution is -0.151. The second-order valence-electron chi connectivity index (χ2n) is 5.97. The van der Waals surface area contributed by atoms with E-state index in [2.05, 4.69) is 20.8 Å². The van der Waals surface area contributed by atoms with E-state index >= 15 is 0 Å². The van der Waals surface area contributed by atoms with E-state index in [0.717, 1.165) is 11.1 Å². The predicted octanol–water partition coefficient (Wildman–Crippen LogP) is 1.95. The highest BCUT2D eigenvalue weighted by molar-refractivity contribution is 5.93. The Kier molecular flexibility index (Phi) is 5.88. The van der Waals surface area contributed by atoms with E-state index in [0.29, 0.717) is 12.1 Å². The number of benzene rings is 2. The molecule has 8 nitrogen and oxygen atoms in total. The van der Waals surface area contributed by atoms with E-state index in [4.69, 9.17) is 4.74 Å². The third-order valence-corrected chi connectivity index (χ3v) is 3.99. The van der Waals surface area contributed by atoms with Crippen LogP contribution in [0, 0.1) is 6.92 Å². The highest BCUT2D eigenvalue weighted by Crippen LogP contribution is 2.16. The lowest BCUT2D eigenvalue weighted by Gasteiger charge is -2.15. The quantitative estimate of drug-likeness (QED) is 0.643. The fourth-order valence-electron chi connectivity index (χ4n) is 2.57. The normalized spacial score (nSPS) is 11.6. The number of nitrogens with one attached hydrogen (secondary N) is 1. The molecule has 0 aliphatic rings. The van der Waals surface area contributed by atoms with Crippen LogP contribution in [0.1, 0.15) is 17.2 Å². The maximum absolute atomic E-state index is 12.6. The second-order valence-corrected chi connectivity index (χ2v) is 5.97. The van der Waals surface area contributed by atoms with Gasteiger partial charge in [-0.2, -0.15) is 0 Å². The smallest absolute Gasteiger partial charge is 0.331 e. The maximum atomic E-state index is 12.6. The van der Waals surface area contributed by atoms with Gasteiger partial charge in [-0.3, -0.25) is 4.79 Å². The molecule has 2 aromatic carbocycles. The standard InChI is InChI=1S/C19H19N5O3/c1-14-7-5-6-10-16(14)21-18(25)12-27-19(26)17(24-13-20-22-23-24)11-15-8-3-2-4-9-15/h2-10,13,17H,11-12H2,1H3,(H,21,25)/t17-/m1/s1. The van der Waals surface area contributed by atoms with Gasteiger partial charge >= 0.3 is 5.97 Å². The summed E-state index contributed by atoms with van der Waals surface area (Å²) in [4.78, 5) is 24.7. The summed E-state index contributed by atoms with van der Waals surface area (Å²) in [6.45, 7) is 1.50. The van der Waals surface area contributed by atoms with E-state index in [-0.39, 0.29) is 6.61 Å². The summed E-state index contributed by atoms with van der Waals surface area (Å²) in [5.74, 6) is -0.987. The lowest BCUT2D eigenvalue weighted by Crippen LogP contribution is -2.28. The van der Waals surface area contributed by atoms with Gasteiger partial charge in [0.2, 0.25) is 0 Å². The molecule has 0 unspecified atom stereocenters. The molecular weight excluding hydrogens is 346 g/mol. The van der Waals surface area contributed by atoms with Crippen LogP contribution in [0.25, 0.3) is 0 Å². The predicted molar refractivity (Wildman–Crippen MR) is 97.8 cm³/mol. The van der Waals surface area contributed by atoms with E-state index in [1.807, 2.05) is 55.5 Å². The minimum absolute atomic E-state index is 0.351. The van der Waals surface area contributed by atoms with Crippen LogP contribution in [-0.4, -0.2) is 38.7 Å². The van der Waals surface area contributed by atoms with Crippen LogP contribution in [0.3, 0.4) is 0 Å². The van der Waals surface area contributed by atoms with Gasteiger partial charge in [0.05, 0.1) is 0 Å². The minimum atomic E-state index is -0.756. The Morgan fingerprint density at radius 3 is 2.56 bits per heavy atom. The fraction of sp³-hybridized carbons (Fsp3) is 0.211. The molecule has 0 fully saturated rings. The SMILES string of the molecule is Cc1ccccc1NC(=O)COC(=O)[C@@H](Cc1ccccc1)n1cnnn1. The number of anilines is 1. The van der Waals surface area contributed by atoms with Crippen molar-refractivity contribution in [2.75, 3.05) is 11.9 Å². The zero-order valence-electron chi connectivity index (χ0n) is 14.8. The minimum Gasteiger partial charge on any atom is -0.454 e. The number of carbonyl (C=O) groups excluding carboxylic acids is 2. The number of aryl methyl sites for hydroxylation is 1. The average Bonchev–Trinajstić information content (AvgIpc) is 3.21. The first-order valence-electron chi connectivity index (χ1n) is 8.42. The Hall–Kier alpha value is -3.55. The molecule has 0 saturated carbocycles. The highest BCUT2D eigenvalue weighted by atomic mass is 16.5. The number of ether oxygens (including phenoxy) is 1. The van der Waals surface area contributed by atoms with Gasteiger partial charge in [-0.15, -0.1) is 5.10 Å². The highest BCUT2D eigenvalue weighted by Gasteiger charge is 2.24. The summed E-state index contributed by atoms with van der Waals surface area (Å²) in [6, 6.07) is 16.1. The number of nitrogens with zero attached hydrogens (tertiary/aromatic N) is 4. The number of rotatable bonds is 7. The van der Waals surface area contributed by atoms with Crippen LogP contribution < -0.4 is 5.32 Å². The first-order valence-corrected chi connectivity index (χ1v) is 8.42. The van der Waals surface area contributed by atoms with Crippen LogP contribution in [-0.2, 0) is 20.7 Å². The molecule has 1 heterocycles. The summed E-state index contributed by atoms with van der Waals surface area (Å²) in [5.41, 5.74) is 2.53. The number of carbonyl (C=O) groups is 2. The second kappa shape index (κ2) is 8.70. The number of hydrogen-bond acceptors (Lipinski definition) is 6. The lowest BCUT2D eigenvalue weighted by atomic mass is 10.1. The molecule has 0 bridgehead atoms. The van der Waals surface area contributed by atoms with Gasteiger partial charge in [0.1, 0.15) is 6.33 Å². The van der Waals surface area contributed by atoms with Crippen molar-refractivity contribution in [2.24, 2.45) is 0 Å². The van der Waals surface area contributed by atoms with E-state index in [9.17, 15) is 9.59 Å². The molecule has 0 aliphatic carbocycles. The Morgan fingerprint density at radius 1 is 1.11 bits per heavy atom. The number of tetrazole rings is 1. The first kappa shape index (κ1) is 18.2. The molecule has 1 N–H and O–H groups in total. The van der Waals surface area contributed by atoms with Gasteiger partial charge in [-0.05, 0) is 34.5 Å². The molecule has 3 aromatic rings. The Morgan fingerprint density at radius 2 is 1.85 bits per heavy atom. The van der Waals surface area contributed by atoms with Gasteiger partial charge in [0.15, 0.2) is 12.6 Å². The van der Waals surface area contributed by atoms with Crippen LogP contribution in [0.2, 0.25) is 0 Å². The number of amides is 1. The van der Waals surface area contributed by atoms with Gasteiger partial charge < -0.3 is 10.1 Å². The molecular formula is C19H19N5O3. The van der Waals surface area contributed by atoms with Crippen molar-refractivity contribution in [3.8, 4) is 0 Å². The summed E-state index contributed by atoms with van der Waals surface area (Å²) >= 11 is 0. The molecule has 0 spiro atoms. The number of aromatic nitrogens is 4. The van der Waals surface area contributed by atoms with Crippen molar-refractivity contribution in [2.45, 2.75) is 19.4 Å². The van der Waals surface area contributed by atoms with E-state index < -0.39 is 17.9 Å². The van der Waals surface area contributed by atoms with E-state index in [1.54, 1.807) is 6.07 Å². The molecule has 0 saturated heterocycles. The summed E-state index contributed by atoms with van der Waals surface area (Å²) < 4.78 is 6.53. The first-order chi connectivity index (χ1) is 13.1. The average molecular weight is 365 g/mol. The third-order valence-electron chi connectivity index (χ3n) is 3.99. The topological polar surface area (TPSA) is 99.0 Å². The third kappa shape index (κ3) is 4.97. The Balaban J connectivity index is 1.62. The maximum Gasteiger partial charge on any atom is 0.331 e. The van der Waals surface area contributed by atoms with E-state index in [1.165, 1.54) is 11.0 Å². The summed E-state index contributed by atoms with van der Waals surface area (Å²) in [7, 11) is 0. The number of esters is 1. The van der Waals surface area contributed by atoms with Crippen LogP contribution in [0.5, 0.6) is 0 Å². The van der Waals surface area contributed by atoms with Crippen LogP contribution >= 0.6 is 0 Å². The molecule has 1 atom stereocenters. The van der Waals surface area contributed by atoms with Crippen molar-refractivity contribution >= 4 is 17.6 Å². The molecule has 138 valence electrons. The summed E-state index contributed by atoms with van der Waals surface area (Å²) in [6.07, 6.45) is 1.70. The fourth-order valence-corrected chi connectivity index (χ4v) is 2.57. The van der Waals surface area contributed by atoms with Crippen molar-refractivity contribution in [1.29, 1.82) is 0 Å². The van der Waals surface area contributed by atoms with Crippen molar-refractivity contribution < 1.29 is 14.3 Å². The molecule has 0 aliphatic heterocycles. The Bertz CT molecular complexity index is 897. The number of para-hydroxylation sites is 1. The van der Waals surface area contributed by atoms with Crippen LogP contribution in [0.15, 0.2) is 60.9 Å². The molecule has 0 radical (unpaired) electrons. The van der Waals surface area contributed by atoms with Gasteiger partial charge in [-0.1, -0.05) is 48.5 Å². The van der Waals surface area contributed by atoms with Gasteiger partial charge in [-0.25, -0.2) is 9.48 Å². The Labute approximate surface area is 156 Å². The molecule has 27 heavy (non-hydrogen) atoms. The number of hydrogen-bond donors (Lipinski definition) is 1. The van der Waals surface area contributed by atoms with Crippen molar-refractivity contribution in [3.63, 3.8) is 0 Å². The molecule has 1 amide bonds. The zero-order valence-corrected chi connectivity index (χ0v) is 14.8. The van der Waals surface area contributed by atoms with Crippen molar-refractivity contribution in [1.82, 2.24) is 20.2 Å². The monoisotopic (exact) mass is 365 g/mol. The van der Waals surface area contributed by atoms with Gasteiger partial charge in [0, 0.05) is 12.1 Å². The molecule has 1 aromatic heterocycles. The zero-order chi connectivity index (χ0) is 19.1. The molecule has 3 rings (SSSR count). The molecule has 8 heteroatoms.